The number of hydrogen-bond acceptors (Lipinski definition) is 2. The topological polar surface area (TPSA) is 40.7 Å². The zero-order chi connectivity index (χ0) is 13.4. The summed E-state index contributed by atoms with van der Waals surface area (Å²) >= 11 is 3.72. The number of rotatable bonds is 2. The quantitative estimate of drug-likeness (QED) is 0.881. The summed E-state index contributed by atoms with van der Waals surface area (Å²) in [6.45, 7) is 5.34. The molecule has 0 bridgehead atoms. The van der Waals surface area contributed by atoms with Gasteiger partial charge in [-0.15, -0.1) is 0 Å². The third kappa shape index (κ3) is 2.35. The van der Waals surface area contributed by atoms with Crippen LogP contribution in [-0.4, -0.2) is 16.7 Å². The predicted molar refractivity (Wildman–Crippen MR) is 81.2 cm³/mol. The lowest BCUT2D eigenvalue weighted by Gasteiger charge is -2.08. The van der Waals surface area contributed by atoms with Crippen LogP contribution < -0.4 is 5.32 Å². The van der Waals surface area contributed by atoms with Gasteiger partial charge in [-0.2, -0.15) is 5.10 Å². The van der Waals surface area contributed by atoms with E-state index in [0.29, 0.717) is 6.04 Å². The van der Waals surface area contributed by atoms with E-state index in [-0.39, 0.29) is 0 Å². The first-order chi connectivity index (χ1) is 9.16. The molecular formula is C15H18BrN3. The van der Waals surface area contributed by atoms with E-state index in [1.165, 1.54) is 35.2 Å². The van der Waals surface area contributed by atoms with Crippen LogP contribution in [0.5, 0.6) is 0 Å². The molecule has 0 aliphatic carbocycles. The van der Waals surface area contributed by atoms with E-state index in [0.717, 1.165) is 16.7 Å². The van der Waals surface area contributed by atoms with E-state index in [1.54, 1.807) is 0 Å². The van der Waals surface area contributed by atoms with Crippen LogP contribution >= 0.6 is 15.9 Å². The number of benzene rings is 1. The average molecular weight is 320 g/mol. The molecule has 0 amide bonds. The molecule has 3 nitrogen and oxygen atoms in total. The van der Waals surface area contributed by atoms with Crippen molar-refractivity contribution in [3.63, 3.8) is 0 Å². The van der Waals surface area contributed by atoms with Crippen molar-refractivity contribution in [1.82, 2.24) is 15.5 Å². The minimum absolute atomic E-state index is 0.404. The number of nitrogens with one attached hydrogen (secondary N) is 2. The second-order valence-corrected chi connectivity index (χ2v) is 6.06. The van der Waals surface area contributed by atoms with Gasteiger partial charge in [-0.05, 0) is 54.7 Å². The van der Waals surface area contributed by atoms with Gasteiger partial charge in [0.2, 0.25) is 0 Å². The Balaban J connectivity index is 2.01. The molecule has 100 valence electrons. The largest absolute Gasteiger partial charge is 0.309 e. The van der Waals surface area contributed by atoms with Crippen LogP contribution in [0.1, 0.15) is 35.7 Å². The molecule has 2 heterocycles. The van der Waals surface area contributed by atoms with E-state index in [2.05, 4.69) is 63.5 Å². The zero-order valence-electron chi connectivity index (χ0n) is 11.3. The number of nitrogens with zero attached hydrogens (tertiary/aromatic N) is 1. The van der Waals surface area contributed by atoms with Crippen LogP contribution in [0.15, 0.2) is 22.7 Å². The van der Waals surface area contributed by atoms with Gasteiger partial charge in [0.25, 0.3) is 0 Å². The number of aromatic amines is 1. The smallest absolute Gasteiger partial charge is 0.107 e. The summed E-state index contributed by atoms with van der Waals surface area (Å²) in [7, 11) is 0. The molecule has 1 aromatic carbocycles. The minimum Gasteiger partial charge on any atom is -0.309 e. The number of H-pyrrole nitrogens is 1. The van der Waals surface area contributed by atoms with E-state index >= 15 is 0 Å². The summed E-state index contributed by atoms with van der Waals surface area (Å²) in [4.78, 5) is 0. The van der Waals surface area contributed by atoms with Crippen LogP contribution in [0.25, 0.3) is 11.3 Å². The van der Waals surface area contributed by atoms with Crippen molar-refractivity contribution in [2.45, 2.75) is 32.7 Å². The summed E-state index contributed by atoms with van der Waals surface area (Å²) in [5.41, 5.74) is 5.93. The molecule has 4 heteroatoms. The number of hydrogen-bond donors (Lipinski definition) is 2. The number of aryl methyl sites for hydroxylation is 2. The molecule has 1 aromatic heterocycles. The lowest BCUT2D eigenvalue weighted by Crippen LogP contribution is -2.13. The van der Waals surface area contributed by atoms with Crippen molar-refractivity contribution < 1.29 is 0 Å². The molecule has 19 heavy (non-hydrogen) atoms. The zero-order valence-corrected chi connectivity index (χ0v) is 12.8. The van der Waals surface area contributed by atoms with Gasteiger partial charge in [0, 0.05) is 5.56 Å². The highest BCUT2D eigenvalue weighted by atomic mass is 79.9. The Morgan fingerprint density at radius 2 is 2.16 bits per heavy atom. The van der Waals surface area contributed by atoms with Gasteiger partial charge in [0.05, 0.1) is 16.2 Å². The van der Waals surface area contributed by atoms with Crippen molar-refractivity contribution >= 4 is 15.9 Å². The molecule has 2 N–H and O–H groups in total. The molecular weight excluding hydrogens is 302 g/mol. The molecule has 0 radical (unpaired) electrons. The molecule has 1 aliphatic heterocycles. The van der Waals surface area contributed by atoms with E-state index < -0.39 is 0 Å². The average Bonchev–Trinajstić information content (AvgIpc) is 2.99. The third-order valence-electron chi connectivity index (χ3n) is 3.78. The third-order valence-corrected chi connectivity index (χ3v) is 4.58. The van der Waals surface area contributed by atoms with Crippen LogP contribution in [0.3, 0.4) is 0 Å². The van der Waals surface area contributed by atoms with Gasteiger partial charge in [-0.25, -0.2) is 0 Å². The Kier molecular flexibility index (Phi) is 3.46. The Labute approximate surface area is 121 Å². The summed E-state index contributed by atoms with van der Waals surface area (Å²) in [6.07, 6.45) is 2.40. The van der Waals surface area contributed by atoms with Gasteiger partial charge in [-0.1, -0.05) is 23.8 Å². The van der Waals surface area contributed by atoms with Crippen molar-refractivity contribution in [3.05, 3.63) is 39.5 Å². The maximum Gasteiger partial charge on any atom is 0.107 e. The number of halogens is 1. The lowest BCUT2D eigenvalue weighted by molar-refractivity contribution is 0.623. The Hall–Kier alpha value is -1.13. The maximum absolute atomic E-state index is 4.51. The second-order valence-electron chi connectivity index (χ2n) is 5.27. The highest BCUT2D eigenvalue weighted by Gasteiger charge is 2.23. The fourth-order valence-electron chi connectivity index (χ4n) is 2.76. The van der Waals surface area contributed by atoms with E-state index in [9.17, 15) is 0 Å². The molecule has 1 fully saturated rings. The Morgan fingerprint density at radius 1 is 1.32 bits per heavy atom. The van der Waals surface area contributed by atoms with Crippen LogP contribution in [0, 0.1) is 13.8 Å². The van der Waals surface area contributed by atoms with Crippen molar-refractivity contribution in [3.8, 4) is 11.3 Å². The molecule has 3 rings (SSSR count). The molecule has 1 atom stereocenters. The Bertz CT molecular complexity index is 597. The normalized spacial score (nSPS) is 19.0. The highest BCUT2D eigenvalue weighted by Crippen LogP contribution is 2.35. The molecule has 1 saturated heterocycles. The van der Waals surface area contributed by atoms with Gasteiger partial charge in [0.1, 0.15) is 5.69 Å². The molecule has 0 saturated carbocycles. The molecule has 1 aliphatic rings. The maximum atomic E-state index is 4.51. The summed E-state index contributed by atoms with van der Waals surface area (Å²) in [6, 6.07) is 6.89. The standard InChI is InChI=1S/C15H18BrN3/c1-9-5-6-11(10(2)8-9)14-13(16)15(19-18-14)12-4-3-7-17-12/h5-6,8,12,17H,3-4,7H2,1-2H3,(H,18,19). The monoisotopic (exact) mass is 319 g/mol. The summed E-state index contributed by atoms with van der Waals surface area (Å²) < 4.78 is 1.10. The van der Waals surface area contributed by atoms with Gasteiger partial charge >= 0.3 is 0 Å². The minimum atomic E-state index is 0.404. The van der Waals surface area contributed by atoms with Gasteiger partial charge in [-0.3, -0.25) is 5.10 Å². The van der Waals surface area contributed by atoms with Crippen molar-refractivity contribution in [1.29, 1.82) is 0 Å². The Morgan fingerprint density at radius 3 is 2.84 bits per heavy atom. The first-order valence-corrected chi connectivity index (χ1v) is 7.51. The van der Waals surface area contributed by atoms with Crippen molar-refractivity contribution in [2.24, 2.45) is 0 Å². The van der Waals surface area contributed by atoms with Crippen molar-refractivity contribution in [2.75, 3.05) is 6.54 Å². The number of aromatic nitrogens is 2. The van der Waals surface area contributed by atoms with Crippen LogP contribution in [0.4, 0.5) is 0 Å². The van der Waals surface area contributed by atoms with Gasteiger partial charge in [0.15, 0.2) is 0 Å². The fraction of sp³-hybridized carbons (Fsp3) is 0.400. The summed E-state index contributed by atoms with van der Waals surface area (Å²) in [5.74, 6) is 0. The van der Waals surface area contributed by atoms with Crippen LogP contribution in [-0.2, 0) is 0 Å². The molecule has 0 spiro atoms. The van der Waals surface area contributed by atoms with E-state index in [4.69, 9.17) is 0 Å². The van der Waals surface area contributed by atoms with Gasteiger partial charge < -0.3 is 5.32 Å². The fourth-order valence-corrected chi connectivity index (χ4v) is 3.43. The summed E-state index contributed by atoms with van der Waals surface area (Å²) in [5, 5.41) is 11.2. The molecule has 2 aromatic rings. The van der Waals surface area contributed by atoms with Crippen LogP contribution in [0.2, 0.25) is 0 Å². The predicted octanol–water partition coefficient (Wildman–Crippen LogP) is 3.88. The first kappa shape index (κ1) is 12.9. The SMILES string of the molecule is Cc1ccc(-c2n[nH]c(C3CCCN3)c2Br)c(C)c1. The highest BCUT2D eigenvalue weighted by molar-refractivity contribution is 9.10. The lowest BCUT2D eigenvalue weighted by atomic mass is 10.0. The molecule has 1 unspecified atom stereocenters. The first-order valence-electron chi connectivity index (χ1n) is 6.71. The second kappa shape index (κ2) is 5.10. The van der Waals surface area contributed by atoms with E-state index in [1.807, 2.05) is 0 Å².